The summed E-state index contributed by atoms with van der Waals surface area (Å²) in [5.74, 6) is 0. The quantitative estimate of drug-likeness (QED) is 0.169. The first-order valence-electron chi connectivity index (χ1n) is 18.8. The Morgan fingerprint density at radius 1 is 0.434 bits per heavy atom. The van der Waals surface area contributed by atoms with Crippen LogP contribution in [0, 0.1) is 0 Å². The summed E-state index contributed by atoms with van der Waals surface area (Å²) in [4.78, 5) is 4.60. The number of benzene rings is 8. The molecule has 0 saturated carbocycles. The Kier molecular flexibility index (Phi) is 6.86. The smallest absolute Gasteiger partial charge is 0.0701 e. The van der Waals surface area contributed by atoms with Gasteiger partial charge in [-0.3, -0.25) is 4.98 Å². The predicted molar refractivity (Wildman–Crippen MR) is 226 cm³/mol. The lowest BCUT2D eigenvalue weighted by Crippen LogP contribution is -2.14. The van der Waals surface area contributed by atoms with E-state index in [1.165, 1.54) is 93.5 Å². The van der Waals surface area contributed by atoms with Crippen LogP contribution in [0.5, 0.6) is 0 Å². The normalized spacial score (nSPS) is 13.5. The molecule has 9 aromatic rings. The van der Waals surface area contributed by atoms with E-state index >= 15 is 0 Å². The Labute approximate surface area is 312 Å². The van der Waals surface area contributed by atoms with E-state index in [1.807, 2.05) is 18.3 Å². The summed E-state index contributed by atoms with van der Waals surface area (Å²) in [5.41, 5.74) is 16.5. The lowest BCUT2D eigenvalue weighted by Gasteiger charge is -2.23. The van der Waals surface area contributed by atoms with Gasteiger partial charge in [0.1, 0.15) is 0 Å². The molecule has 0 fully saturated rings. The number of fused-ring (bicyclic) bond motifs is 3. The van der Waals surface area contributed by atoms with E-state index in [0.29, 0.717) is 0 Å². The monoisotopic (exact) mass is 679 g/mol. The maximum atomic E-state index is 4.60. The van der Waals surface area contributed by atoms with Gasteiger partial charge in [-0.15, -0.1) is 0 Å². The van der Waals surface area contributed by atoms with Crippen molar-refractivity contribution in [1.82, 2.24) is 4.98 Å². The Hall–Kier alpha value is -6.05. The summed E-state index contributed by atoms with van der Waals surface area (Å²) in [6.07, 6.45) is 1.86. The maximum Gasteiger partial charge on any atom is 0.0701 e. The number of rotatable bonds is 4. The Morgan fingerprint density at radius 3 is 1.62 bits per heavy atom. The van der Waals surface area contributed by atoms with Gasteiger partial charge in [0.25, 0.3) is 0 Å². The molecule has 0 spiro atoms. The zero-order chi connectivity index (χ0) is 36.1. The highest BCUT2D eigenvalue weighted by Crippen LogP contribution is 2.50. The van der Waals surface area contributed by atoms with Crippen LogP contribution in [0.15, 0.2) is 158 Å². The van der Waals surface area contributed by atoms with Crippen molar-refractivity contribution in [3.05, 3.63) is 175 Å². The number of aromatic nitrogens is 1. The molecule has 0 saturated heterocycles. The zero-order valence-corrected chi connectivity index (χ0v) is 31.0. The minimum absolute atomic E-state index is 0.0244. The molecule has 1 aromatic heterocycles. The van der Waals surface area contributed by atoms with Gasteiger partial charge in [0.15, 0.2) is 0 Å². The Bertz CT molecular complexity index is 2830. The molecule has 0 amide bonds. The Morgan fingerprint density at radius 2 is 1.00 bits per heavy atom. The minimum atomic E-state index is -0.0244. The molecule has 0 bridgehead atoms. The van der Waals surface area contributed by atoms with E-state index in [1.54, 1.807) is 0 Å². The van der Waals surface area contributed by atoms with Gasteiger partial charge in [0.2, 0.25) is 0 Å². The molecule has 0 radical (unpaired) electrons. The van der Waals surface area contributed by atoms with E-state index in [4.69, 9.17) is 0 Å². The van der Waals surface area contributed by atoms with Crippen LogP contribution in [0.3, 0.4) is 0 Å². The van der Waals surface area contributed by atoms with Gasteiger partial charge < -0.3 is 0 Å². The van der Waals surface area contributed by atoms with Crippen molar-refractivity contribution >= 4 is 32.3 Å². The average molecular weight is 680 g/mol. The molecule has 53 heavy (non-hydrogen) atoms. The second-order valence-corrected chi connectivity index (χ2v) is 16.4. The van der Waals surface area contributed by atoms with E-state index < -0.39 is 0 Å². The molecule has 0 atom stereocenters. The zero-order valence-electron chi connectivity index (χ0n) is 31.0. The number of hydrogen-bond acceptors (Lipinski definition) is 1. The van der Waals surface area contributed by atoms with Crippen LogP contribution in [-0.4, -0.2) is 4.98 Å². The third-order valence-electron chi connectivity index (χ3n) is 11.9. The van der Waals surface area contributed by atoms with Crippen LogP contribution < -0.4 is 0 Å². The van der Waals surface area contributed by atoms with Crippen molar-refractivity contribution in [2.24, 2.45) is 0 Å². The number of hydrogen-bond donors (Lipinski definition) is 0. The first-order chi connectivity index (χ1) is 25.6. The van der Waals surface area contributed by atoms with Crippen molar-refractivity contribution in [2.75, 3.05) is 0 Å². The first kappa shape index (κ1) is 31.7. The molecular weight excluding hydrogens is 639 g/mol. The molecule has 1 aliphatic rings. The third-order valence-corrected chi connectivity index (χ3v) is 11.9. The van der Waals surface area contributed by atoms with Crippen molar-refractivity contribution < 1.29 is 0 Å². The SMILES string of the molecule is CC(C)(C)c1cc2ccc3c(-c4ccc(-c5ccc6c(c5)C(C)(C)c5ccccc5-6)cc4)cc(-c4ccc(-c5ccccn5)cc4)c4ccc(c1)c2c34. The summed E-state index contributed by atoms with van der Waals surface area (Å²) < 4.78 is 0. The van der Waals surface area contributed by atoms with Crippen molar-refractivity contribution in [3.8, 4) is 55.8 Å². The predicted octanol–water partition coefficient (Wildman–Crippen LogP) is 14.3. The minimum Gasteiger partial charge on any atom is -0.256 e. The lowest BCUT2D eigenvalue weighted by atomic mass is 9.81. The molecule has 1 heteroatoms. The molecule has 0 unspecified atom stereocenters. The van der Waals surface area contributed by atoms with Gasteiger partial charge in [-0.1, -0.05) is 162 Å². The molecule has 0 N–H and O–H groups in total. The highest BCUT2D eigenvalue weighted by Gasteiger charge is 2.35. The summed E-state index contributed by atoms with van der Waals surface area (Å²) in [7, 11) is 0. The maximum absolute atomic E-state index is 4.60. The summed E-state index contributed by atoms with van der Waals surface area (Å²) >= 11 is 0. The van der Waals surface area contributed by atoms with Crippen LogP contribution in [-0.2, 0) is 10.8 Å². The van der Waals surface area contributed by atoms with Gasteiger partial charge in [0.05, 0.1) is 5.69 Å². The summed E-state index contributed by atoms with van der Waals surface area (Å²) in [5, 5.41) is 7.87. The fourth-order valence-corrected chi connectivity index (χ4v) is 8.91. The standard InChI is InChI=1S/C52H41N/c1-51(2,3)39-28-37-22-25-42-44(33-15-13-32(14-16-33)36-21-24-41-40-10-6-7-11-46(40)52(4,5)47(41)30-36)31-45(43-26-23-38(29-39)49(37)50(42)43)34-17-19-35(20-18-34)48-12-8-9-27-53-48/h6-31H,1-5H3. The molecule has 1 heterocycles. The second kappa shape index (κ2) is 11.5. The van der Waals surface area contributed by atoms with Gasteiger partial charge in [-0.05, 0) is 123 Å². The van der Waals surface area contributed by atoms with Crippen LogP contribution >= 0.6 is 0 Å². The van der Waals surface area contributed by atoms with Crippen LogP contribution in [0.2, 0.25) is 0 Å². The molecule has 0 aliphatic heterocycles. The highest BCUT2D eigenvalue weighted by atomic mass is 14.7. The van der Waals surface area contributed by atoms with Gasteiger partial charge >= 0.3 is 0 Å². The van der Waals surface area contributed by atoms with Gasteiger partial charge in [0, 0.05) is 17.2 Å². The lowest BCUT2D eigenvalue weighted by molar-refractivity contribution is 0.591. The molecule has 1 nitrogen and oxygen atoms in total. The van der Waals surface area contributed by atoms with E-state index in [0.717, 1.165) is 11.3 Å². The largest absolute Gasteiger partial charge is 0.256 e. The van der Waals surface area contributed by atoms with Crippen LogP contribution in [0.4, 0.5) is 0 Å². The van der Waals surface area contributed by atoms with E-state index in [9.17, 15) is 0 Å². The van der Waals surface area contributed by atoms with E-state index in [-0.39, 0.29) is 10.8 Å². The van der Waals surface area contributed by atoms with Crippen molar-refractivity contribution in [2.45, 2.75) is 45.4 Å². The van der Waals surface area contributed by atoms with Crippen LogP contribution in [0.1, 0.15) is 51.3 Å². The second-order valence-electron chi connectivity index (χ2n) is 16.4. The molecule has 1 aliphatic carbocycles. The first-order valence-corrected chi connectivity index (χ1v) is 18.8. The van der Waals surface area contributed by atoms with Crippen molar-refractivity contribution in [1.29, 1.82) is 0 Å². The third kappa shape index (κ3) is 4.95. The Balaban J connectivity index is 1.13. The van der Waals surface area contributed by atoms with E-state index in [2.05, 4.69) is 179 Å². The number of pyridine rings is 1. The van der Waals surface area contributed by atoms with Crippen LogP contribution in [0.25, 0.3) is 88.1 Å². The fraction of sp³-hybridized carbons (Fsp3) is 0.135. The fourth-order valence-electron chi connectivity index (χ4n) is 8.91. The molecule has 10 rings (SSSR count). The summed E-state index contributed by atoms with van der Waals surface area (Å²) in [6, 6.07) is 56.7. The van der Waals surface area contributed by atoms with Gasteiger partial charge in [-0.2, -0.15) is 0 Å². The van der Waals surface area contributed by atoms with Crippen molar-refractivity contribution in [3.63, 3.8) is 0 Å². The summed E-state index contributed by atoms with van der Waals surface area (Å²) in [6.45, 7) is 11.6. The molecule has 8 aromatic carbocycles. The van der Waals surface area contributed by atoms with Gasteiger partial charge in [-0.25, -0.2) is 0 Å². The number of nitrogens with zero attached hydrogens (tertiary/aromatic N) is 1. The highest BCUT2D eigenvalue weighted by molar-refractivity contribution is 6.28. The topological polar surface area (TPSA) is 12.9 Å². The molecule has 254 valence electrons. The molecular formula is C52H41N. The average Bonchev–Trinajstić information content (AvgIpc) is 3.42.